The second kappa shape index (κ2) is 5.43. The maximum absolute atomic E-state index is 6.40. The number of aromatic nitrogens is 2. The molecule has 1 saturated carbocycles. The second-order valence-corrected chi connectivity index (χ2v) is 6.17. The fourth-order valence-electron chi connectivity index (χ4n) is 3.03. The molecule has 0 amide bonds. The highest BCUT2D eigenvalue weighted by Gasteiger charge is 2.34. The van der Waals surface area contributed by atoms with Crippen LogP contribution in [0.3, 0.4) is 0 Å². The predicted octanol–water partition coefficient (Wildman–Crippen LogP) is 2.05. The molecule has 1 saturated heterocycles. The highest BCUT2D eigenvalue weighted by atomic mass is 35.5. The molecular formula is C14H23ClN4. The van der Waals surface area contributed by atoms with Gasteiger partial charge in [-0.1, -0.05) is 11.6 Å². The Morgan fingerprint density at radius 2 is 2.21 bits per heavy atom. The van der Waals surface area contributed by atoms with E-state index < -0.39 is 0 Å². The summed E-state index contributed by atoms with van der Waals surface area (Å²) in [7, 11) is 0. The van der Waals surface area contributed by atoms with Gasteiger partial charge in [0.1, 0.15) is 0 Å². The molecule has 1 N–H and O–H groups in total. The minimum Gasteiger partial charge on any atom is -0.311 e. The first-order chi connectivity index (χ1) is 9.19. The molecule has 0 radical (unpaired) electrons. The van der Waals surface area contributed by atoms with E-state index in [1.54, 1.807) is 0 Å². The number of nitrogens with zero attached hydrogens (tertiary/aromatic N) is 3. The molecule has 3 rings (SSSR count). The Balaban J connectivity index is 1.70. The Hall–Kier alpha value is -0.580. The summed E-state index contributed by atoms with van der Waals surface area (Å²) in [6.07, 6.45) is 2.80. The molecule has 4 nitrogen and oxygen atoms in total. The van der Waals surface area contributed by atoms with Crippen LogP contribution in [0.25, 0.3) is 0 Å². The van der Waals surface area contributed by atoms with Crippen molar-refractivity contribution >= 4 is 11.6 Å². The third-order valence-electron chi connectivity index (χ3n) is 4.31. The van der Waals surface area contributed by atoms with Crippen LogP contribution < -0.4 is 5.32 Å². The molecule has 5 heteroatoms. The number of rotatable bonds is 4. The molecule has 1 aromatic heterocycles. The van der Waals surface area contributed by atoms with Gasteiger partial charge in [-0.05, 0) is 32.6 Å². The average Bonchev–Trinajstić information content (AvgIpc) is 3.23. The van der Waals surface area contributed by atoms with Crippen molar-refractivity contribution in [2.45, 2.75) is 45.8 Å². The Kier molecular flexibility index (Phi) is 3.83. The number of piperazine rings is 1. The summed E-state index contributed by atoms with van der Waals surface area (Å²) in [5.74, 6) is 0.913. The van der Waals surface area contributed by atoms with Gasteiger partial charge >= 0.3 is 0 Å². The van der Waals surface area contributed by atoms with Gasteiger partial charge in [-0.2, -0.15) is 5.10 Å². The Bertz CT molecular complexity index is 453. The molecule has 0 spiro atoms. The van der Waals surface area contributed by atoms with Gasteiger partial charge in [0.25, 0.3) is 0 Å². The molecule has 2 aliphatic rings. The summed E-state index contributed by atoms with van der Waals surface area (Å²) in [6, 6.07) is 0.687. The Labute approximate surface area is 120 Å². The summed E-state index contributed by atoms with van der Waals surface area (Å²) < 4.78 is 2.05. The van der Waals surface area contributed by atoms with Crippen molar-refractivity contribution in [2.24, 2.45) is 5.92 Å². The highest BCUT2D eigenvalue weighted by molar-refractivity contribution is 6.31. The quantitative estimate of drug-likeness (QED) is 0.918. The first-order valence-corrected chi connectivity index (χ1v) is 7.74. The molecule has 19 heavy (non-hydrogen) atoms. The third-order valence-corrected chi connectivity index (χ3v) is 4.80. The van der Waals surface area contributed by atoms with Crippen LogP contribution in [0.4, 0.5) is 0 Å². The fraction of sp³-hybridized carbons (Fsp3) is 0.786. The maximum atomic E-state index is 6.40. The lowest BCUT2D eigenvalue weighted by Crippen LogP contribution is -2.51. The van der Waals surface area contributed by atoms with Crippen molar-refractivity contribution in [3.05, 3.63) is 16.4 Å². The van der Waals surface area contributed by atoms with E-state index in [1.807, 2.05) is 11.6 Å². The zero-order valence-electron chi connectivity index (χ0n) is 11.8. The molecular weight excluding hydrogens is 260 g/mol. The maximum Gasteiger partial charge on any atom is 0.0860 e. The van der Waals surface area contributed by atoms with E-state index in [-0.39, 0.29) is 0 Å². The lowest BCUT2D eigenvalue weighted by Gasteiger charge is -2.34. The lowest BCUT2D eigenvalue weighted by atomic mass is 10.1. The fourth-order valence-corrected chi connectivity index (χ4v) is 3.23. The van der Waals surface area contributed by atoms with Gasteiger partial charge in [0.15, 0.2) is 0 Å². The largest absolute Gasteiger partial charge is 0.311 e. The van der Waals surface area contributed by atoms with Crippen molar-refractivity contribution in [2.75, 3.05) is 19.6 Å². The van der Waals surface area contributed by atoms with Gasteiger partial charge < -0.3 is 5.32 Å². The Morgan fingerprint density at radius 1 is 1.42 bits per heavy atom. The molecule has 2 fully saturated rings. The van der Waals surface area contributed by atoms with Crippen molar-refractivity contribution < 1.29 is 0 Å². The third kappa shape index (κ3) is 2.81. The number of nitrogens with one attached hydrogen (secondary N) is 1. The minimum absolute atomic E-state index is 0.687. The first-order valence-electron chi connectivity index (χ1n) is 7.36. The van der Waals surface area contributed by atoms with E-state index in [0.29, 0.717) is 6.04 Å². The molecule has 1 aliphatic carbocycles. The summed E-state index contributed by atoms with van der Waals surface area (Å²) in [5.41, 5.74) is 2.13. The van der Waals surface area contributed by atoms with Crippen molar-refractivity contribution in [3.8, 4) is 0 Å². The smallest absolute Gasteiger partial charge is 0.0860 e. The molecule has 1 unspecified atom stereocenters. The monoisotopic (exact) mass is 282 g/mol. The summed E-state index contributed by atoms with van der Waals surface area (Å²) in [4.78, 5) is 2.52. The minimum atomic E-state index is 0.687. The van der Waals surface area contributed by atoms with Crippen molar-refractivity contribution in [1.82, 2.24) is 20.0 Å². The highest BCUT2D eigenvalue weighted by Crippen LogP contribution is 2.34. The van der Waals surface area contributed by atoms with Crippen LogP contribution in [-0.2, 0) is 13.1 Å². The van der Waals surface area contributed by atoms with E-state index >= 15 is 0 Å². The van der Waals surface area contributed by atoms with Crippen LogP contribution in [0.2, 0.25) is 5.02 Å². The number of halogens is 1. The van der Waals surface area contributed by atoms with Gasteiger partial charge in [0.05, 0.1) is 16.4 Å². The van der Waals surface area contributed by atoms with Crippen molar-refractivity contribution in [3.63, 3.8) is 0 Å². The normalized spacial score (nSPS) is 24.9. The van der Waals surface area contributed by atoms with Crippen LogP contribution >= 0.6 is 11.6 Å². The zero-order chi connectivity index (χ0) is 13.4. The lowest BCUT2D eigenvalue weighted by molar-refractivity contribution is 0.177. The molecule has 0 bridgehead atoms. The van der Waals surface area contributed by atoms with Gasteiger partial charge in [-0.3, -0.25) is 9.58 Å². The molecule has 0 aromatic carbocycles. The summed E-state index contributed by atoms with van der Waals surface area (Å²) in [5, 5.41) is 9.00. The van der Waals surface area contributed by atoms with Crippen molar-refractivity contribution in [1.29, 1.82) is 0 Å². The Morgan fingerprint density at radius 3 is 2.89 bits per heavy atom. The van der Waals surface area contributed by atoms with Gasteiger partial charge in [-0.25, -0.2) is 0 Å². The molecule has 106 valence electrons. The van der Waals surface area contributed by atoms with Crippen LogP contribution in [0.1, 0.15) is 31.2 Å². The summed E-state index contributed by atoms with van der Waals surface area (Å²) >= 11 is 6.40. The molecule has 1 aromatic rings. The van der Waals surface area contributed by atoms with Crippen LogP contribution in [0.5, 0.6) is 0 Å². The van der Waals surface area contributed by atoms with Crippen LogP contribution in [0.15, 0.2) is 0 Å². The van der Waals surface area contributed by atoms with Crippen LogP contribution in [-0.4, -0.2) is 40.4 Å². The standard InChI is InChI=1S/C14H23ClN4/c1-3-19-13(14(15)10(2)17-19)9-18-7-6-16-12(8-18)11-4-5-11/h11-12,16H,3-9H2,1-2H3. The summed E-state index contributed by atoms with van der Waals surface area (Å²) in [6.45, 7) is 9.28. The van der Waals surface area contributed by atoms with Crippen LogP contribution in [0, 0.1) is 12.8 Å². The zero-order valence-corrected chi connectivity index (χ0v) is 12.6. The first kappa shape index (κ1) is 13.4. The number of hydrogen-bond acceptors (Lipinski definition) is 3. The number of hydrogen-bond donors (Lipinski definition) is 1. The average molecular weight is 283 g/mol. The second-order valence-electron chi connectivity index (χ2n) is 5.80. The van der Waals surface area contributed by atoms with E-state index in [9.17, 15) is 0 Å². The van der Waals surface area contributed by atoms with E-state index in [4.69, 9.17) is 11.6 Å². The SMILES string of the molecule is CCn1nc(C)c(Cl)c1CN1CCNC(C2CC2)C1. The number of aryl methyl sites for hydroxylation is 2. The molecule has 1 aliphatic heterocycles. The van der Waals surface area contributed by atoms with Gasteiger partial charge in [0.2, 0.25) is 0 Å². The van der Waals surface area contributed by atoms with Gasteiger partial charge in [-0.15, -0.1) is 0 Å². The van der Waals surface area contributed by atoms with E-state index in [2.05, 4.69) is 22.2 Å². The van der Waals surface area contributed by atoms with E-state index in [1.165, 1.54) is 18.5 Å². The predicted molar refractivity (Wildman–Crippen MR) is 77.4 cm³/mol. The van der Waals surface area contributed by atoms with E-state index in [0.717, 1.165) is 49.4 Å². The molecule has 1 atom stereocenters. The topological polar surface area (TPSA) is 33.1 Å². The molecule has 2 heterocycles. The van der Waals surface area contributed by atoms with Gasteiger partial charge in [0, 0.05) is 38.8 Å².